The highest BCUT2D eigenvalue weighted by Crippen LogP contribution is 2.16. The fraction of sp³-hybridized carbons (Fsp3) is 0.538. The van der Waals surface area contributed by atoms with Gasteiger partial charge in [0.05, 0.1) is 5.69 Å². The average Bonchev–Trinajstić information content (AvgIpc) is 2.28. The second-order valence-corrected chi connectivity index (χ2v) is 6.56. The summed E-state index contributed by atoms with van der Waals surface area (Å²) in [5.41, 5.74) is 5.94. The molecule has 1 rings (SSSR count). The van der Waals surface area contributed by atoms with Crippen molar-refractivity contribution < 1.29 is 8.42 Å². The molecule has 3 N–H and O–H groups in total. The number of sulfonamides is 1. The van der Waals surface area contributed by atoms with Gasteiger partial charge in [0.15, 0.2) is 0 Å². The van der Waals surface area contributed by atoms with E-state index < -0.39 is 10.0 Å². The lowest BCUT2D eigenvalue weighted by Crippen LogP contribution is -2.25. The Morgan fingerprint density at radius 2 is 1.89 bits per heavy atom. The maximum absolute atomic E-state index is 12.0. The predicted octanol–water partition coefficient (Wildman–Crippen LogP) is 2.37. The molecule has 0 radical (unpaired) electrons. The number of hydrogen-bond donors (Lipinski definition) is 2. The number of benzene rings is 1. The number of hydrogen-bond acceptors (Lipinski definition) is 3. The minimum absolute atomic E-state index is 0.161. The van der Waals surface area contributed by atoms with E-state index in [4.69, 9.17) is 5.73 Å². The lowest BCUT2D eigenvalue weighted by atomic mass is 10.1. The summed E-state index contributed by atoms with van der Waals surface area (Å²) in [5.74, 6) is 0.659. The van der Waals surface area contributed by atoms with Gasteiger partial charge in [-0.3, -0.25) is 0 Å². The molecule has 0 aliphatic rings. The van der Waals surface area contributed by atoms with Crippen LogP contribution in [0, 0.1) is 5.92 Å². The van der Waals surface area contributed by atoms with Crippen molar-refractivity contribution in [1.82, 2.24) is 4.72 Å². The van der Waals surface area contributed by atoms with Crippen LogP contribution < -0.4 is 10.5 Å². The van der Waals surface area contributed by atoms with Gasteiger partial charge in [0.2, 0.25) is 10.0 Å². The van der Waals surface area contributed by atoms with Crippen molar-refractivity contribution in [3.63, 3.8) is 0 Å². The number of nitrogens with one attached hydrogen (secondary N) is 1. The fourth-order valence-corrected chi connectivity index (χ4v) is 2.89. The van der Waals surface area contributed by atoms with Gasteiger partial charge < -0.3 is 5.73 Å². The third-order valence-corrected chi connectivity index (χ3v) is 4.24. The first-order valence-corrected chi connectivity index (χ1v) is 7.76. The Balaban J connectivity index is 2.49. The van der Waals surface area contributed by atoms with Crippen LogP contribution in [0.3, 0.4) is 0 Å². The Labute approximate surface area is 110 Å². The highest BCUT2D eigenvalue weighted by Gasteiger charge is 2.15. The topological polar surface area (TPSA) is 72.2 Å². The summed E-state index contributed by atoms with van der Waals surface area (Å²) in [5, 5.41) is 0. The summed E-state index contributed by atoms with van der Waals surface area (Å²) in [6.45, 7) is 4.78. The number of anilines is 1. The molecule has 1 aromatic rings. The Kier molecular flexibility index (Phi) is 5.62. The molecule has 0 aliphatic heterocycles. The molecule has 0 saturated carbocycles. The van der Waals surface area contributed by atoms with Crippen LogP contribution in [-0.4, -0.2) is 15.0 Å². The van der Waals surface area contributed by atoms with Crippen molar-refractivity contribution in [2.45, 2.75) is 38.0 Å². The van der Waals surface area contributed by atoms with Crippen LogP contribution >= 0.6 is 0 Å². The Hall–Kier alpha value is -1.07. The third kappa shape index (κ3) is 4.66. The highest BCUT2D eigenvalue weighted by atomic mass is 32.2. The predicted molar refractivity (Wildman–Crippen MR) is 74.7 cm³/mol. The van der Waals surface area contributed by atoms with E-state index in [9.17, 15) is 8.42 Å². The molecule has 1 aromatic carbocycles. The quantitative estimate of drug-likeness (QED) is 0.590. The molecular weight excluding hydrogens is 248 g/mol. The van der Waals surface area contributed by atoms with Gasteiger partial charge >= 0.3 is 0 Å². The molecule has 0 aliphatic carbocycles. The molecule has 18 heavy (non-hydrogen) atoms. The normalized spacial score (nSPS) is 11.9. The van der Waals surface area contributed by atoms with Gasteiger partial charge in [-0.15, -0.1) is 0 Å². The van der Waals surface area contributed by atoms with E-state index in [2.05, 4.69) is 18.6 Å². The molecule has 0 spiro atoms. The summed E-state index contributed by atoms with van der Waals surface area (Å²) in [6, 6.07) is 6.50. The second-order valence-electron chi connectivity index (χ2n) is 4.83. The molecule has 0 heterocycles. The third-order valence-electron chi connectivity index (χ3n) is 2.71. The molecule has 0 unspecified atom stereocenters. The minimum Gasteiger partial charge on any atom is -0.398 e. The zero-order valence-electron chi connectivity index (χ0n) is 11.0. The van der Waals surface area contributed by atoms with Crippen molar-refractivity contribution in [3.05, 3.63) is 24.3 Å². The van der Waals surface area contributed by atoms with E-state index in [1.165, 1.54) is 6.07 Å². The summed E-state index contributed by atoms with van der Waals surface area (Å²) in [6.07, 6.45) is 3.00. The molecule has 0 amide bonds. The molecule has 0 bridgehead atoms. The van der Waals surface area contributed by atoms with E-state index in [-0.39, 0.29) is 10.6 Å². The van der Waals surface area contributed by atoms with Crippen LogP contribution in [0.5, 0.6) is 0 Å². The van der Waals surface area contributed by atoms with Gasteiger partial charge in [-0.05, 0) is 24.5 Å². The summed E-state index contributed by atoms with van der Waals surface area (Å²) >= 11 is 0. The lowest BCUT2D eigenvalue weighted by molar-refractivity contribution is 0.530. The summed E-state index contributed by atoms with van der Waals surface area (Å²) in [4.78, 5) is 0.161. The largest absolute Gasteiger partial charge is 0.398 e. The van der Waals surface area contributed by atoms with Crippen LogP contribution in [0.15, 0.2) is 29.2 Å². The maximum Gasteiger partial charge on any atom is 0.242 e. The number of unbranched alkanes of at least 4 members (excludes halogenated alkanes) is 1. The number of nitrogens with two attached hydrogens (primary N) is 1. The second kappa shape index (κ2) is 6.75. The van der Waals surface area contributed by atoms with Gasteiger partial charge in [0, 0.05) is 6.54 Å². The molecule has 0 atom stereocenters. The van der Waals surface area contributed by atoms with E-state index >= 15 is 0 Å². The molecule has 0 saturated heterocycles. The average molecular weight is 270 g/mol. The molecule has 5 heteroatoms. The monoisotopic (exact) mass is 270 g/mol. The first-order valence-electron chi connectivity index (χ1n) is 6.27. The van der Waals surface area contributed by atoms with Crippen LogP contribution in [-0.2, 0) is 10.0 Å². The molecule has 102 valence electrons. The lowest BCUT2D eigenvalue weighted by Gasteiger charge is -2.09. The van der Waals surface area contributed by atoms with Crippen LogP contribution in [0.4, 0.5) is 5.69 Å². The number of rotatable bonds is 7. The molecular formula is C13H22N2O2S. The Morgan fingerprint density at radius 3 is 2.50 bits per heavy atom. The van der Waals surface area contributed by atoms with Gasteiger partial charge in [-0.25, -0.2) is 13.1 Å². The van der Waals surface area contributed by atoms with E-state index in [0.717, 1.165) is 19.3 Å². The summed E-state index contributed by atoms with van der Waals surface area (Å²) in [7, 11) is -3.47. The van der Waals surface area contributed by atoms with Crippen molar-refractivity contribution in [3.8, 4) is 0 Å². The van der Waals surface area contributed by atoms with Gasteiger partial charge in [-0.1, -0.05) is 38.8 Å². The SMILES string of the molecule is CC(C)CCCCNS(=O)(=O)c1ccccc1N. The van der Waals surface area contributed by atoms with Gasteiger partial charge in [0.25, 0.3) is 0 Å². The maximum atomic E-state index is 12.0. The first-order chi connectivity index (χ1) is 8.43. The van der Waals surface area contributed by atoms with Crippen LogP contribution in [0.2, 0.25) is 0 Å². The zero-order valence-corrected chi connectivity index (χ0v) is 11.8. The van der Waals surface area contributed by atoms with Crippen molar-refractivity contribution in [1.29, 1.82) is 0 Å². The van der Waals surface area contributed by atoms with Crippen molar-refractivity contribution in [2.24, 2.45) is 5.92 Å². The van der Waals surface area contributed by atoms with Crippen molar-refractivity contribution in [2.75, 3.05) is 12.3 Å². The Morgan fingerprint density at radius 1 is 1.22 bits per heavy atom. The molecule has 4 nitrogen and oxygen atoms in total. The highest BCUT2D eigenvalue weighted by molar-refractivity contribution is 7.89. The first kappa shape index (κ1) is 15.0. The van der Waals surface area contributed by atoms with E-state index in [1.807, 2.05) is 0 Å². The zero-order chi connectivity index (χ0) is 13.6. The van der Waals surface area contributed by atoms with Gasteiger partial charge in [-0.2, -0.15) is 0 Å². The smallest absolute Gasteiger partial charge is 0.242 e. The van der Waals surface area contributed by atoms with E-state index in [1.54, 1.807) is 18.2 Å². The van der Waals surface area contributed by atoms with Crippen LogP contribution in [0.1, 0.15) is 33.1 Å². The van der Waals surface area contributed by atoms with E-state index in [0.29, 0.717) is 12.5 Å². The van der Waals surface area contributed by atoms with Crippen LogP contribution in [0.25, 0.3) is 0 Å². The Bertz CT molecular complexity index is 470. The molecule has 0 aromatic heterocycles. The van der Waals surface area contributed by atoms with Gasteiger partial charge in [0.1, 0.15) is 4.90 Å². The fourth-order valence-electron chi connectivity index (χ4n) is 1.69. The van der Waals surface area contributed by atoms with Crippen molar-refractivity contribution >= 4 is 15.7 Å². The minimum atomic E-state index is -3.47. The molecule has 0 fully saturated rings. The summed E-state index contributed by atoms with van der Waals surface area (Å²) < 4.78 is 26.5. The number of nitrogen functional groups attached to an aromatic ring is 1. The number of para-hydroxylation sites is 1. The standard InChI is InChI=1S/C13H22N2O2S/c1-11(2)7-5-6-10-15-18(16,17)13-9-4-3-8-12(13)14/h3-4,8-9,11,15H,5-7,10,14H2,1-2H3.